The lowest BCUT2D eigenvalue weighted by atomic mass is 10.1. The van der Waals surface area contributed by atoms with Gasteiger partial charge in [0.15, 0.2) is 5.65 Å². The minimum Gasteiger partial charge on any atom is -0.468 e. The van der Waals surface area contributed by atoms with E-state index in [2.05, 4.69) is 73.3 Å². The van der Waals surface area contributed by atoms with Crippen LogP contribution in [0.5, 0.6) is 0 Å². The van der Waals surface area contributed by atoms with Crippen LogP contribution < -0.4 is 5.32 Å². The van der Waals surface area contributed by atoms with E-state index in [0.717, 1.165) is 70.2 Å². The van der Waals surface area contributed by atoms with Gasteiger partial charge in [-0.2, -0.15) is 0 Å². The minimum absolute atomic E-state index is 0.0719. The second kappa shape index (κ2) is 10.3. The van der Waals surface area contributed by atoms with Crippen LogP contribution >= 0.6 is 15.9 Å². The average Bonchev–Trinajstić information content (AvgIpc) is 3.60. The molecule has 0 saturated carbocycles. The number of rotatable bonds is 7. The first-order valence-corrected chi connectivity index (χ1v) is 12.8. The molecule has 0 spiro atoms. The summed E-state index contributed by atoms with van der Waals surface area (Å²) < 4.78 is 14.6. The molecule has 0 amide bonds. The largest absolute Gasteiger partial charge is 0.468 e. The van der Waals surface area contributed by atoms with Gasteiger partial charge in [0.25, 0.3) is 0 Å². The molecule has 1 aliphatic rings. The summed E-state index contributed by atoms with van der Waals surface area (Å²) in [4.78, 5) is 11.8. The summed E-state index contributed by atoms with van der Waals surface area (Å²) in [5.41, 5.74) is 4.09. The van der Waals surface area contributed by atoms with Crippen LogP contribution in [0.1, 0.15) is 11.8 Å². The molecule has 0 aliphatic carbocycles. The van der Waals surface area contributed by atoms with Gasteiger partial charge in [-0.25, -0.2) is 9.97 Å². The number of nitrogens with zero attached hydrogens (tertiary/aromatic N) is 4. The van der Waals surface area contributed by atoms with E-state index in [-0.39, 0.29) is 6.04 Å². The molecule has 1 fully saturated rings. The quantitative estimate of drug-likeness (QED) is 0.274. The number of anilines is 1. The Hall–Kier alpha value is -3.46. The van der Waals surface area contributed by atoms with Crippen molar-refractivity contribution >= 4 is 32.8 Å². The van der Waals surface area contributed by atoms with Crippen molar-refractivity contribution in [2.24, 2.45) is 0 Å². The molecule has 5 aromatic rings. The molecule has 7 nitrogen and oxygen atoms in total. The van der Waals surface area contributed by atoms with E-state index in [1.54, 1.807) is 12.6 Å². The average molecular weight is 544 g/mol. The smallest absolute Gasteiger partial charge is 0.150 e. The zero-order valence-electron chi connectivity index (χ0n) is 19.7. The molecule has 6 rings (SSSR count). The summed E-state index contributed by atoms with van der Waals surface area (Å²) in [5, 5.41) is 4.64. The Morgan fingerprint density at radius 3 is 2.50 bits per heavy atom. The van der Waals surface area contributed by atoms with Crippen molar-refractivity contribution in [2.45, 2.75) is 6.04 Å². The van der Waals surface area contributed by atoms with Crippen LogP contribution in [0, 0.1) is 0 Å². The number of hydrogen-bond donors (Lipinski definition) is 1. The van der Waals surface area contributed by atoms with E-state index in [1.807, 2.05) is 30.3 Å². The number of nitrogens with one attached hydrogen (secondary N) is 1. The SMILES string of the molecule is Brc1ccc(-n2cc(-c3ccccc3)c3c(NC[C@@H](c4ccco4)N4CCOCC4)ncnc32)cc1. The lowest BCUT2D eigenvalue weighted by Crippen LogP contribution is -2.41. The highest BCUT2D eigenvalue weighted by Crippen LogP contribution is 2.36. The van der Waals surface area contributed by atoms with Crippen molar-refractivity contribution in [1.29, 1.82) is 0 Å². The third kappa shape index (κ3) is 4.55. The zero-order valence-corrected chi connectivity index (χ0v) is 21.3. The highest BCUT2D eigenvalue weighted by Gasteiger charge is 2.26. The fraction of sp³-hybridized carbons (Fsp3) is 0.214. The van der Waals surface area contributed by atoms with Gasteiger partial charge in [-0.05, 0) is 42.0 Å². The molecular formula is C28H26BrN5O2. The molecule has 4 heterocycles. The Morgan fingerprint density at radius 1 is 0.944 bits per heavy atom. The number of ether oxygens (including phenoxy) is 1. The van der Waals surface area contributed by atoms with Crippen LogP contribution in [-0.2, 0) is 4.74 Å². The first kappa shape index (κ1) is 23.0. The lowest BCUT2D eigenvalue weighted by Gasteiger charge is -2.33. The van der Waals surface area contributed by atoms with Gasteiger partial charge in [-0.15, -0.1) is 0 Å². The fourth-order valence-electron chi connectivity index (χ4n) is 4.80. The second-order valence-electron chi connectivity index (χ2n) is 8.74. The van der Waals surface area contributed by atoms with Crippen LogP contribution in [-0.4, -0.2) is 52.3 Å². The summed E-state index contributed by atoms with van der Waals surface area (Å²) in [5.74, 6) is 1.74. The van der Waals surface area contributed by atoms with E-state index in [4.69, 9.17) is 19.1 Å². The van der Waals surface area contributed by atoms with E-state index < -0.39 is 0 Å². The van der Waals surface area contributed by atoms with Crippen molar-refractivity contribution in [2.75, 3.05) is 38.2 Å². The van der Waals surface area contributed by atoms with Gasteiger partial charge in [0.2, 0.25) is 0 Å². The minimum atomic E-state index is 0.0719. The standard InChI is InChI=1S/C28H26BrN5O2/c29-21-8-10-22(11-9-21)34-18-23(20-5-2-1-3-6-20)26-27(31-19-32-28(26)34)30-17-24(25-7-4-14-36-25)33-12-15-35-16-13-33/h1-11,14,18-19,24H,12-13,15-17H2,(H,30,31,32)/t24-/m0/s1. The zero-order chi connectivity index (χ0) is 24.3. The van der Waals surface area contributed by atoms with Crippen molar-refractivity contribution in [3.8, 4) is 16.8 Å². The summed E-state index contributed by atoms with van der Waals surface area (Å²) >= 11 is 3.54. The molecule has 0 unspecified atom stereocenters. The summed E-state index contributed by atoms with van der Waals surface area (Å²) in [6, 6.07) is 22.7. The third-order valence-electron chi connectivity index (χ3n) is 6.59. The Labute approximate surface area is 217 Å². The van der Waals surface area contributed by atoms with E-state index in [9.17, 15) is 0 Å². The van der Waals surface area contributed by atoms with Gasteiger partial charge >= 0.3 is 0 Å². The maximum atomic E-state index is 5.83. The Bertz CT molecular complexity index is 1430. The van der Waals surface area contributed by atoms with E-state index in [1.165, 1.54) is 0 Å². The van der Waals surface area contributed by atoms with Crippen molar-refractivity contribution < 1.29 is 9.15 Å². The van der Waals surface area contributed by atoms with Gasteiger partial charge in [-0.1, -0.05) is 46.3 Å². The molecule has 1 atom stereocenters. The van der Waals surface area contributed by atoms with Crippen molar-refractivity contribution in [3.05, 3.63) is 95.8 Å². The van der Waals surface area contributed by atoms with Crippen LogP contribution in [0.15, 0.2) is 94.4 Å². The summed E-state index contributed by atoms with van der Waals surface area (Å²) in [6.45, 7) is 3.83. The molecule has 1 aliphatic heterocycles. The van der Waals surface area contributed by atoms with Crippen LogP contribution in [0.2, 0.25) is 0 Å². The number of morpholine rings is 1. The van der Waals surface area contributed by atoms with Gasteiger partial charge in [0.1, 0.15) is 17.9 Å². The Morgan fingerprint density at radius 2 is 1.75 bits per heavy atom. The highest BCUT2D eigenvalue weighted by molar-refractivity contribution is 9.10. The molecule has 36 heavy (non-hydrogen) atoms. The Kier molecular flexibility index (Phi) is 6.55. The highest BCUT2D eigenvalue weighted by atomic mass is 79.9. The molecule has 0 bridgehead atoms. The normalized spacial score (nSPS) is 15.2. The second-order valence-corrected chi connectivity index (χ2v) is 9.65. The number of halogens is 1. The maximum Gasteiger partial charge on any atom is 0.150 e. The van der Waals surface area contributed by atoms with Crippen molar-refractivity contribution in [3.63, 3.8) is 0 Å². The maximum absolute atomic E-state index is 5.83. The van der Waals surface area contributed by atoms with Crippen molar-refractivity contribution in [1.82, 2.24) is 19.4 Å². The van der Waals surface area contributed by atoms with Gasteiger partial charge in [0.05, 0.1) is 30.9 Å². The number of hydrogen-bond acceptors (Lipinski definition) is 6. The lowest BCUT2D eigenvalue weighted by molar-refractivity contribution is 0.0144. The van der Waals surface area contributed by atoms with Gasteiger partial charge in [0, 0.05) is 41.6 Å². The topological polar surface area (TPSA) is 68.4 Å². The number of fused-ring (bicyclic) bond motifs is 1. The third-order valence-corrected chi connectivity index (χ3v) is 7.12. The van der Waals surface area contributed by atoms with Gasteiger partial charge in [-0.3, -0.25) is 4.90 Å². The number of benzene rings is 2. The molecule has 2 aromatic carbocycles. The van der Waals surface area contributed by atoms with Crippen LogP contribution in [0.25, 0.3) is 27.8 Å². The van der Waals surface area contributed by atoms with Gasteiger partial charge < -0.3 is 19.0 Å². The summed E-state index contributed by atoms with van der Waals surface area (Å²) in [7, 11) is 0. The van der Waals surface area contributed by atoms with Crippen LogP contribution in [0.4, 0.5) is 5.82 Å². The molecule has 1 N–H and O–H groups in total. The summed E-state index contributed by atoms with van der Waals surface area (Å²) in [6.07, 6.45) is 5.51. The van der Waals surface area contributed by atoms with E-state index in [0.29, 0.717) is 6.54 Å². The first-order valence-electron chi connectivity index (χ1n) is 12.0. The molecular weight excluding hydrogens is 518 g/mol. The predicted octanol–water partition coefficient (Wildman–Crippen LogP) is 5.93. The predicted molar refractivity (Wildman–Crippen MR) is 144 cm³/mol. The number of furan rings is 1. The Balaban J connectivity index is 1.42. The fourth-order valence-corrected chi connectivity index (χ4v) is 5.07. The number of aromatic nitrogens is 3. The van der Waals surface area contributed by atoms with E-state index >= 15 is 0 Å². The molecule has 8 heteroatoms. The molecule has 182 valence electrons. The molecule has 3 aromatic heterocycles. The molecule has 0 radical (unpaired) electrons. The molecule has 1 saturated heterocycles. The van der Waals surface area contributed by atoms with Crippen LogP contribution in [0.3, 0.4) is 0 Å². The monoisotopic (exact) mass is 543 g/mol. The first-order chi connectivity index (χ1) is 17.8.